The van der Waals surface area contributed by atoms with Crippen LogP contribution in [0.1, 0.15) is 10.4 Å². The Bertz CT molecular complexity index is 528. The van der Waals surface area contributed by atoms with Gasteiger partial charge in [-0.25, -0.2) is 9.37 Å². The summed E-state index contributed by atoms with van der Waals surface area (Å²) >= 11 is 1.27. The molecule has 1 heterocycles. The first-order valence-corrected chi connectivity index (χ1v) is 5.63. The number of hydrogen-bond donors (Lipinski definition) is 1. The predicted octanol–water partition coefficient (Wildman–Crippen LogP) is 2.54. The van der Waals surface area contributed by atoms with Gasteiger partial charge in [0, 0.05) is 17.6 Å². The summed E-state index contributed by atoms with van der Waals surface area (Å²) in [5.41, 5.74) is -0.0407. The second kappa shape index (κ2) is 4.92. The minimum atomic E-state index is -0.626. The Morgan fingerprint density at radius 1 is 1.53 bits per heavy atom. The summed E-state index contributed by atoms with van der Waals surface area (Å²) in [4.78, 5) is 15.6. The van der Waals surface area contributed by atoms with Gasteiger partial charge in [0.25, 0.3) is 5.91 Å². The molecule has 6 heteroatoms. The molecule has 0 aliphatic rings. The van der Waals surface area contributed by atoms with Gasteiger partial charge in [-0.2, -0.15) is 0 Å². The number of ether oxygens (including phenoxy) is 1. The highest BCUT2D eigenvalue weighted by Gasteiger charge is 2.13. The largest absolute Gasteiger partial charge is 0.497 e. The van der Waals surface area contributed by atoms with Crippen molar-refractivity contribution in [2.24, 2.45) is 0 Å². The smallest absolute Gasteiger partial charge is 0.260 e. The maximum absolute atomic E-state index is 13.6. The lowest BCUT2D eigenvalue weighted by atomic mass is 10.2. The predicted molar refractivity (Wildman–Crippen MR) is 63.0 cm³/mol. The Morgan fingerprint density at radius 3 is 2.94 bits per heavy atom. The van der Waals surface area contributed by atoms with Crippen molar-refractivity contribution in [3.63, 3.8) is 0 Å². The van der Waals surface area contributed by atoms with Crippen LogP contribution in [0.15, 0.2) is 29.8 Å². The van der Waals surface area contributed by atoms with E-state index < -0.39 is 11.7 Å². The van der Waals surface area contributed by atoms with Crippen molar-refractivity contribution in [1.82, 2.24) is 4.98 Å². The van der Waals surface area contributed by atoms with E-state index in [0.717, 1.165) is 6.07 Å². The van der Waals surface area contributed by atoms with E-state index in [1.165, 1.54) is 30.6 Å². The van der Waals surface area contributed by atoms with E-state index in [2.05, 4.69) is 10.3 Å². The first-order chi connectivity index (χ1) is 8.20. The van der Waals surface area contributed by atoms with Gasteiger partial charge in [0.05, 0.1) is 12.7 Å². The Labute approximate surface area is 101 Å². The monoisotopic (exact) mass is 252 g/mol. The van der Waals surface area contributed by atoms with E-state index >= 15 is 0 Å². The molecule has 88 valence electrons. The van der Waals surface area contributed by atoms with Crippen molar-refractivity contribution in [3.8, 4) is 5.75 Å². The molecule has 0 aliphatic heterocycles. The molecular formula is C11H9FN2O2S. The molecule has 1 aromatic heterocycles. The summed E-state index contributed by atoms with van der Waals surface area (Å²) in [6, 6.07) is 4.06. The first-order valence-electron chi connectivity index (χ1n) is 4.75. The van der Waals surface area contributed by atoms with Crippen molar-refractivity contribution in [3.05, 3.63) is 41.2 Å². The summed E-state index contributed by atoms with van der Waals surface area (Å²) in [5.74, 6) is -0.785. The fourth-order valence-corrected chi connectivity index (χ4v) is 1.78. The van der Waals surface area contributed by atoms with E-state index in [1.54, 1.807) is 11.6 Å². The highest BCUT2D eigenvalue weighted by Crippen LogP contribution is 2.18. The summed E-state index contributed by atoms with van der Waals surface area (Å²) in [7, 11) is 1.43. The number of carbonyl (C=O) groups excluding carboxylic acids is 1. The van der Waals surface area contributed by atoms with Crippen molar-refractivity contribution < 1.29 is 13.9 Å². The Kier molecular flexibility index (Phi) is 3.34. The molecule has 2 aromatic rings. The fraction of sp³-hybridized carbons (Fsp3) is 0.0909. The number of nitrogens with one attached hydrogen (secondary N) is 1. The molecule has 1 amide bonds. The lowest BCUT2D eigenvalue weighted by Gasteiger charge is -2.05. The van der Waals surface area contributed by atoms with Crippen molar-refractivity contribution in [2.45, 2.75) is 0 Å². The second-order valence-electron chi connectivity index (χ2n) is 3.14. The molecule has 0 radical (unpaired) electrons. The van der Waals surface area contributed by atoms with Crippen molar-refractivity contribution in [1.29, 1.82) is 0 Å². The molecule has 17 heavy (non-hydrogen) atoms. The van der Waals surface area contributed by atoms with Crippen molar-refractivity contribution in [2.75, 3.05) is 12.4 Å². The molecule has 0 spiro atoms. The minimum absolute atomic E-state index is 0.0407. The third kappa shape index (κ3) is 2.59. The molecule has 0 bridgehead atoms. The number of anilines is 1. The van der Waals surface area contributed by atoms with Gasteiger partial charge in [-0.1, -0.05) is 0 Å². The Morgan fingerprint density at radius 2 is 2.35 bits per heavy atom. The SMILES string of the molecule is COc1ccc(C(=O)Nc2nccs2)c(F)c1. The van der Waals surface area contributed by atoms with Gasteiger partial charge in [-0.3, -0.25) is 10.1 Å². The summed E-state index contributed by atoms with van der Waals surface area (Å²) in [5, 5.41) is 4.66. The van der Waals surface area contributed by atoms with E-state index in [0.29, 0.717) is 10.9 Å². The average molecular weight is 252 g/mol. The molecule has 2 rings (SSSR count). The molecular weight excluding hydrogens is 243 g/mol. The number of hydrogen-bond acceptors (Lipinski definition) is 4. The number of nitrogens with zero attached hydrogens (tertiary/aromatic N) is 1. The summed E-state index contributed by atoms with van der Waals surface area (Å²) in [6.45, 7) is 0. The molecule has 0 atom stereocenters. The lowest BCUT2D eigenvalue weighted by Crippen LogP contribution is -2.13. The number of aromatic nitrogens is 1. The lowest BCUT2D eigenvalue weighted by molar-refractivity contribution is 0.102. The van der Waals surface area contributed by atoms with Crippen LogP contribution in [-0.2, 0) is 0 Å². The van der Waals surface area contributed by atoms with Crippen LogP contribution in [0.2, 0.25) is 0 Å². The normalized spacial score (nSPS) is 10.0. The highest BCUT2D eigenvalue weighted by molar-refractivity contribution is 7.13. The average Bonchev–Trinajstić information content (AvgIpc) is 2.81. The molecule has 1 N–H and O–H groups in total. The van der Waals surface area contributed by atoms with Gasteiger partial charge in [0.15, 0.2) is 5.13 Å². The van der Waals surface area contributed by atoms with E-state index in [4.69, 9.17) is 4.74 Å². The topological polar surface area (TPSA) is 51.2 Å². The maximum atomic E-state index is 13.6. The van der Waals surface area contributed by atoms with Gasteiger partial charge in [-0.15, -0.1) is 11.3 Å². The van der Waals surface area contributed by atoms with Gasteiger partial charge < -0.3 is 4.74 Å². The Hall–Kier alpha value is -1.95. The van der Waals surface area contributed by atoms with Crippen LogP contribution in [0.4, 0.5) is 9.52 Å². The van der Waals surface area contributed by atoms with Gasteiger partial charge in [0.1, 0.15) is 11.6 Å². The summed E-state index contributed by atoms with van der Waals surface area (Å²) in [6.07, 6.45) is 1.56. The fourth-order valence-electron chi connectivity index (χ4n) is 1.26. The van der Waals surface area contributed by atoms with Gasteiger partial charge in [0.2, 0.25) is 0 Å². The first kappa shape index (κ1) is 11.5. The molecule has 1 aromatic carbocycles. The van der Waals surface area contributed by atoms with E-state index in [1.807, 2.05) is 0 Å². The molecule has 0 saturated heterocycles. The number of carbonyl (C=O) groups is 1. The number of thiazole rings is 1. The van der Waals surface area contributed by atoms with Gasteiger partial charge >= 0.3 is 0 Å². The molecule has 0 unspecified atom stereocenters. The van der Waals surface area contributed by atoms with Crippen LogP contribution in [-0.4, -0.2) is 18.0 Å². The number of amides is 1. The maximum Gasteiger partial charge on any atom is 0.260 e. The quantitative estimate of drug-likeness (QED) is 0.913. The summed E-state index contributed by atoms with van der Waals surface area (Å²) < 4.78 is 18.4. The van der Waals surface area contributed by atoms with E-state index in [9.17, 15) is 9.18 Å². The zero-order valence-corrected chi connectivity index (χ0v) is 9.75. The number of rotatable bonds is 3. The molecule has 4 nitrogen and oxygen atoms in total. The number of methoxy groups -OCH3 is 1. The molecule has 0 fully saturated rings. The van der Waals surface area contributed by atoms with Gasteiger partial charge in [-0.05, 0) is 12.1 Å². The zero-order valence-electron chi connectivity index (χ0n) is 8.94. The van der Waals surface area contributed by atoms with Crippen LogP contribution in [0, 0.1) is 5.82 Å². The standard InChI is InChI=1S/C11H9FN2O2S/c1-16-7-2-3-8(9(12)6-7)10(15)14-11-13-4-5-17-11/h2-6H,1H3,(H,13,14,15). The van der Waals surface area contributed by atoms with Crippen LogP contribution in [0.25, 0.3) is 0 Å². The molecule has 0 saturated carbocycles. The number of halogens is 1. The highest BCUT2D eigenvalue weighted by atomic mass is 32.1. The zero-order chi connectivity index (χ0) is 12.3. The van der Waals surface area contributed by atoms with Crippen LogP contribution >= 0.6 is 11.3 Å². The van der Waals surface area contributed by atoms with Crippen LogP contribution in [0.3, 0.4) is 0 Å². The third-order valence-electron chi connectivity index (χ3n) is 2.07. The Balaban J connectivity index is 2.19. The van der Waals surface area contributed by atoms with E-state index in [-0.39, 0.29) is 5.56 Å². The van der Waals surface area contributed by atoms with Crippen LogP contribution in [0.5, 0.6) is 5.75 Å². The second-order valence-corrected chi connectivity index (χ2v) is 4.03. The third-order valence-corrected chi connectivity index (χ3v) is 2.76. The molecule has 0 aliphatic carbocycles. The minimum Gasteiger partial charge on any atom is -0.497 e. The van der Waals surface area contributed by atoms with Crippen LogP contribution < -0.4 is 10.1 Å². The van der Waals surface area contributed by atoms with Crippen molar-refractivity contribution >= 4 is 22.4 Å². The number of benzene rings is 1.